The quantitative estimate of drug-likeness (QED) is 0.287. The Kier molecular flexibility index (Phi) is 5.78. The molecular formula is C23H19Cl3N4S. The number of rotatable bonds is 5. The lowest BCUT2D eigenvalue weighted by Crippen LogP contribution is -2.07. The largest absolute Gasteiger partial charge is 0.296 e. The van der Waals surface area contributed by atoms with E-state index in [0.717, 1.165) is 44.9 Å². The molecule has 1 aliphatic carbocycles. The highest BCUT2D eigenvalue weighted by molar-refractivity contribution is 7.14. The lowest BCUT2D eigenvalue weighted by Gasteiger charge is -2.21. The van der Waals surface area contributed by atoms with Crippen molar-refractivity contribution in [1.29, 1.82) is 0 Å². The number of hydrogen-bond acceptors (Lipinski definition) is 4. The van der Waals surface area contributed by atoms with E-state index in [1.54, 1.807) is 17.4 Å². The number of hydrogen-bond donors (Lipinski definition) is 0. The van der Waals surface area contributed by atoms with Crippen LogP contribution in [0, 0.1) is 0 Å². The molecule has 0 N–H and O–H groups in total. The molecule has 158 valence electrons. The number of aromatic nitrogens is 4. The van der Waals surface area contributed by atoms with E-state index in [-0.39, 0.29) is 0 Å². The molecule has 8 heteroatoms. The van der Waals surface area contributed by atoms with Gasteiger partial charge in [0.05, 0.1) is 10.7 Å². The van der Waals surface area contributed by atoms with Crippen LogP contribution in [-0.2, 0) is 6.42 Å². The maximum Gasteiger partial charge on any atom is 0.168 e. The summed E-state index contributed by atoms with van der Waals surface area (Å²) in [7, 11) is 0. The van der Waals surface area contributed by atoms with Crippen LogP contribution in [0.2, 0.25) is 15.1 Å². The summed E-state index contributed by atoms with van der Waals surface area (Å²) in [5.41, 5.74) is 3.68. The van der Waals surface area contributed by atoms with Crippen LogP contribution in [0.25, 0.3) is 27.8 Å². The number of benzene rings is 2. The fraction of sp³-hybridized carbons (Fsp3) is 0.261. The fourth-order valence-corrected chi connectivity index (χ4v) is 5.46. The molecule has 0 radical (unpaired) electrons. The predicted molar refractivity (Wildman–Crippen MR) is 129 cm³/mol. The van der Waals surface area contributed by atoms with Crippen molar-refractivity contribution in [2.24, 2.45) is 0 Å². The summed E-state index contributed by atoms with van der Waals surface area (Å²) < 4.78 is 2.13. The first-order valence-electron chi connectivity index (χ1n) is 10.2. The minimum absolute atomic E-state index is 0.542. The normalized spacial score (nSPS) is 14.1. The van der Waals surface area contributed by atoms with E-state index >= 15 is 0 Å². The molecule has 0 amide bonds. The summed E-state index contributed by atoms with van der Waals surface area (Å²) >= 11 is 20.5. The topological polar surface area (TPSA) is 43.6 Å². The molecule has 2 aromatic carbocycles. The van der Waals surface area contributed by atoms with Gasteiger partial charge in [-0.05, 0) is 61.7 Å². The van der Waals surface area contributed by atoms with E-state index in [2.05, 4.69) is 21.7 Å². The minimum atomic E-state index is 0.542. The molecule has 0 atom stereocenters. The standard InChI is InChI=1S/C23H19Cl3N4S/c1-2-19-20(23-29-28-22(31-23)13-4-3-5-13)27-21(17-11-8-15(25)12-18(17)26)30(19)16-9-6-14(24)7-10-16/h6-13H,2-5H2,1H3. The van der Waals surface area contributed by atoms with Crippen molar-refractivity contribution in [2.75, 3.05) is 0 Å². The number of halogens is 3. The third-order valence-corrected chi connectivity index (χ3v) is 7.55. The van der Waals surface area contributed by atoms with Crippen molar-refractivity contribution >= 4 is 46.1 Å². The van der Waals surface area contributed by atoms with Gasteiger partial charge < -0.3 is 0 Å². The zero-order chi connectivity index (χ0) is 21.5. The molecule has 1 fully saturated rings. The van der Waals surface area contributed by atoms with E-state index in [1.807, 2.05) is 36.4 Å². The van der Waals surface area contributed by atoms with Crippen LogP contribution in [0.4, 0.5) is 0 Å². The summed E-state index contributed by atoms with van der Waals surface area (Å²) in [6.45, 7) is 2.12. The lowest BCUT2D eigenvalue weighted by atomic mass is 9.86. The molecule has 1 aliphatic rings. The second-order valence-electron chi connectivity index (χ2n) is 7.59. The molecule has 2 heterocycles. The van der Waals surface area contributed by atoms with Crippen LogP contribution in [0.15, 0.2) is 42.5 Å². The van der Waals surface area contributed by atoms with Crippen molar-refractivity contribution in [1.82, 2.24) is 19.7 Å². The Bertz CT molecular complexity index is 1240. The van der Waals surface area contributed by atoms with Crippen LogP contribution in [0.3, 0.4) is 0 Å². The molecule has 1 saturated carbocycles. The number of nitrogens with zero attached hydrogens (tertiary/aromatic N) is 4. The third-order valence-electron chi connectivity index (χ3n) is 5.66. The average molecular weight is 490 g/mol. The van der Waals surface area contributed by atoms with Gasteiger partial charge in [0.2, 0.25) is 0 Å². The van der Waals surface area contributed by atoms with E-state index in [4.69, 9.17) is 39.8 Å². The SMILES string of the molecule is CCc1c(-c2nnc(C3CCC3)s2)nc(-c2ccc(Cl)cc2Cl)n1-c1ccc(Cl)cc1. The van der Waals surface area contributed by atoms with E-state index in [1.165, 1.54) is 19.3 Å². The van der Waals surface area contributed by atoms with E-state index in [9.17, 15) is 0 Å². The molecule has 0 bridgehead atoms. The van der Waals surface area contributed by atoms with Gasteiger partial charge in [-0.3, -0.25) is 4.57 Å². The van der Waals surface area contributed by atoms with Gasteiger partial charge in [-0.2, -0.15) is 0 Å². The Hall–Kier alpha value is -1.92. The van der Waals surface area contributed by atoms with Gasteiger partial charge in [-0.25, -0.2) is 4.98 Å². The van der Waals surface area contributed by atoms with Crippen LogP contribution in [-0.4, -0.2) is 19.7 Å². The zero-order valence-corrected chi connectivity index (χ0v) is 19.9. The van der Waals surface area contributed by atoms with Gasteiger partial charge in [-0.1, -0.05) is 59.5 Å². The first-order chi connectivity index (χ1) is 15.0. The molecule has 2 aromatic heterocycles. The molecular weight excluding hydrogens is 471 g/mol. The monoisotopic (exact) mass is 488 g/mol. The second-order valence-corrected chi connectivity index (χ2v) is 9.88. The van der Waals surface area contributed by atoms with E-state index < -0.39 is 0 Å². The molecule has 0 saturated heterocycles. The third kappa shape index (κ3) is 3.89. The Morgan fingerprint density at radius 2 is 1.74 bits per heavy atom. The maximum absolute atomic E-state index is 6.59. The molecule has 0 spiro atoms. The van der Waals surface area contributed by atoms with Crippen LogP contribution in [0.5, 0.6) is 0 Å². The lowest BCUT2D eigenvalue weighted by molar-refractivity contribution is 0.416. The van der Waals surface area contributed by atoms with Crippen molar-refractivity contribution in [3.63, 3.8) is 0 Å². The smallest absolute Gasteiger partial charge is 0.168 e. The predicted octanol–water partition coefficient (Wildman–Crippen LogP) is 7.85. The average Bonchev–Trinajstić information content (AvgIpc) is 3.32. The van der Waals surface area contributed by atoms with Gasteiger partial charge >= 0.3 is 0 Å². The molecule has 0 aliphatic heterocycles. The van der Waals surface area contributed by atoms with Crippen molar-refractivity contribution < 1.29 is 0 Å². The first kappa shape index (κ1) is 21.0. The summed E-state index contributed by atoms with van der Waals surface area (Å²) in [5, 5.41) is 12.8. The van der Waals surface area contributed by atoms with Gasteiger partial charge in [0.25, 0.3) is 0 Å². The maximum atomic E-state index is 6.59. The van der Waals surface area contributed by atoms with E-state index in [0.29, 0.717) is 21.0 Å². The second kappa shape index (κ2) is 8.55. The molecule has 4 aromatic rings. The highest BCUT2D eigenvalue weighted by Crippen LogP contribution is 2.41. The van der Waals surface area contributed by atoms with Crippen LogP contribution >= 0.6 is 46.1 Å². The highest BCUT2D eigenvalue weighted by atomic mass is 35.5. The van der Waals surface area contributed by atoms with Gasteiger partial charge in [-0.15, -0.1) is 10.2 Å². The number of imidazole rings is 1. The summed E-state index contributed by atoms with van der Waals surface area (Å²) in [6.07, 6.45) is 4.43. The Balaban J connectivity index is 1.72. The van der Waals surface area contributed by atoms with Gasteiger partial charge in [0.1, 0.15) is 16.5 Å². The Morgan fingerprint density at radius 1 is 1.00 bits per heavy atom. The van der Waals surface area contributed by atoms with Crippen LogP contribution in [0.1, 0.15) is 42.8 Å². The highest BCUT2D eigenvalue weighted by Gasteiger charge is 2.27. The van der Waals surface area contributed by atoms with Crippen molar-refractivity contribution in [3.8, 4) is 27.8 Å². The van der Waals surface area contributed by atoms with Crippen LogP contribution < -0.4 is 0 Å². The first-order valence-corrected chi connectivity index (χ1v) is 12.2. The molecule has 4 nitrogen and oxygen atoms in total. The summed E-state index contributed by atoms with van der Waals surface area (Å²) in [4.78, 5) is 5.04. The Labute approximate surface area is 199 Å². The summed E-state index contributed by atoms with van der Waals surface area (Å²) in [5.74, 6) is 1.29. The fourth-order valence-electron chi connectivity index (χ4n) is 3.82. The zero-order valence-electron chi connectivity index (χ0n) is 16.8. The van der Waals surface area contributed by atoms with Gasteiger partial charge in [0, 0.05) is 27.2 Å². The van der Waals surface area contributed by atoms with Crippen molar-refractivity contribution in [3.05, 3.63) is 68.2 Å². The molecule has 5 rings (SSSR count). The Morgan fingerprint density at radius 3 is 2.39 bits per heavy atom. The summed E-state index contributed by atoms with van der Waals surface area (Å²) in [6, 6.07) is 13.2. The van der Waals surface area contributed by atoms with Gasteiger partial charge in [0.15, 0.2) is 5.01 Å². The molecule has 31 heavy (non-hydrogen) atoms. The van der Waals surface area contributed by atoms with Crippen molar-refractivity contribution in [2.45, 2.75) is 38.5 Å². The minimum Gasteiger partial charge on any atom is -0.296 e. The molecule has 0 unspecified atom stereocenters.